The first-order valence-electron chi connectivity index (χ1n) is 5.17. The summed E-state index contributed by atoms with van der Waals surface area (Å²) in [7, 11) is 4.80. The van der Waals surface area contributed by atoms with Crippen LogP contribution >= 0.6 is 0 Å². The highest BCUT2D eigenvalue weighted by Crippen LogP contribution is 2.08. The second kappa shape index (κ2) is 6.21. The summed E-state index contributed by atoms with van der Waals surface area (Å²) in [5.41, 5.74) is 6.34. The van der Waals surface area contributed by atoms with Crippen LogP contribution in [0.3, 0.4) is 0 Å². The minimum absolute atomic E-state index is 0.182. The van der Waals surface area contributed by atoms with Crippen molar-refractivity contribution >= 4 is 11.6 Å². The summed E-state index contributed by atoms with van der Waals surface area (Å²) in [6.07, 6.45) is 1.26. The van der Waals surface area contributed by atoms with Crippen molar-refractivity contribution in [1.82, 2.24) is 15.1 Å². The molecule has 0 radical (unpaired) electrons. The van der Waals surface area contributed by atoms with E-state index in [1.165, 1.54) is 10.9 Å². The molecule has 96 valence electrons. The zero-order valence-electron chi connectivity index (χ0n) is 10.3. The average molecular weight is 242 g/mol. The number of hydrogen-bond donors (Lipinski definition) is 2. The van der Waals surface area contributed by atoms with Gasteiger partial charge in [-0.1, -0.05) is 0 Å². The number of nitrogens with one attached hydrogen (secondary N) is 1. The number of methoxy groups -OCH3 is 2. The predicted molar refractivity (Wildman–Crippen MR) is 62.6 cm³/mol. The third-order valence-corrected chi connectivity index (χ3v) is 2.36. The Morgan fingerprint density at radius 1 is 1.65 bits per heavy atom. The maximum Gasteiger partial charge on any atom is 0.271 e. The third-order valence-electron chi connectivity index (χ3n) is 2.36. The summed E-state index contributed by atoms with van der Waals surface area (Å²) in [6, 6.07) is 0. The van der Waals surface area contributed by atoms with Crippen molar-refractivity contribution < 1.29 is 14.3 Å². The van der Waals surface area contributed by atoms with Gasteiger partial charge in [0.25, 0.3) is 5.91 Å². The first-order chi connectivity index (χ1) is 8.10. The minimum atomic E-state index is -0.277. The van der Waals surface area contributed by atoms with Crippen LogP contribution in [0.4, 0.5) is 5.69 Å². The number of carbonyl (C=O) groups excluding carboxylic acids is 1. The number of hydrogen-bond acceptors (Lipinski definition) is 5. The maximum atomic E-state index is 11.8. The number of rotatable bonds is 6. The molecule has 0 aliphatic rings. The Bertz CT molecular complexity index is 358. The van der Waals surface area contributed by atoms with Crippen LogP contribution in [0.1, 0.15) is 10.5 Å². The number of anilines is 1. The fraction of sp³-hybridized carbons (Fsp3) is 0.600. The lowest BCUT2D eigenvalue weighted by atomic mass is 10.3. The van der Waals surface area contributed by atoms with Gasteiger partial charge in [0.05, 0.1) is 24.6 Å². The lowest BCUT2D eigenvalue weighted by molar-refractivity contribution is 0.0284. The molecule has 7 heteroatoms. The minimum Gasteiger partial charge on any atom is -0.396 e. The van der Waals surface area contributed by atoms with Gasteiger partial charge >= 0.3 is 0 Å². The van der Waals surface area contributed by atoms with E-state index in [0.29, 0.717) is 24.5 Å². The molecule has 1 heterocycles. The molecule has 1 atom stereocenters. The molecule has 1 aromatic heterocycles. The topological polar surface area (TPSA) is 91.4 Å². The van der Waals surface area contributed by atoms with E-state index in [1.807, 2.05) is 0 Å². The zero-order chi connectivity index (χ0) is 12.8. The second-order valence-electron chi connectivity index (χ2n) is 3.60. The molecule has 0 aliphatic carbocycles. The Balaban J connectivity index is 2.55. The summed E-state index contributed by atoms with van der Waals surface area (Å²) >= 11 is 0. The number of ether oxygens (including phenoxy) is 2. The Labute approximate surface area is 99.9 Å². The van der Waals surface area contributed by atoms with Crippen molar-refractivity contribution in [3.8, 4) is 0 Å². The molecule has 0 saturated heterocycles. The van der Waals surface area contributed by atoms with Crippen LogP contribution in [0.5, 0.6) is 0 Å². The number of aromatic nitrogens is 2. The largest absolute Gasteiger partial charge is 0.396 e. The predicted octanol–water partition coefficient (Wildman–Crippen LogP) is -0.606. The molecule has 0 fully saturated rings. The second-order valence-corrected chi connectivity index (χ2v) is 3.60. The van der Waals surface area contributed by atoms with E-state index in [2.05, 4.69) is 10.4 Å². The van der Waals surface area contributed by atoms with Gasteiger partial charge in [-0.3, -0.25) is 9.48 Å². The molecule has 0 saturated carbocycles. The Morgan fingerprint density at radius 2 is 2.35 bits per heavy atom. The molecule has 0 aromatic carbocycles. The molecule has 0 bridgehead atoms. The van der Waals surface area contributed by atoms with E-state index < -0.39 is 0 Å². The molecule has 1 amide bonds. The van der Waals surface area contributed by atoms with Crippen LogP contribution in [-0.4, -0.2) is 49.2 Å². The van der Waals surface area contributed by atoms with E-state index in [1.54, 1.807) is 21.3 Å². The van der Waals surface area contributed by atoms with E-state index in [-0.39, 0.29) is 12.0 Å². The summed E-state index contributed by atoms with van der Waals surface area (Å²) in [5, 5.41) is 6.61. The van der Waals surface area contributed by atoms with Crippen molar-refractivity contribution in [1.29, 1.82) is 0 Å². The first-order valence-corrected chi connectivity index (χ1v) is 5.17. The van der Waals surface area contributed by atoms with E-state index >= 15 is 0 Å². The van der Waals surface area contributed by atoms with Crippen LogP contribution in [0.25, 0.3) is 0 Å². The molecular formula is C10H18N4O3. The summed E-state index contributed by atoms with van der Waals surface area (Å²) in [6.45, 7) is 0.769. The van der Waals surface area contributed by atoms with Crippen molar-refractivity contribution in [3.05, 3.63) is 11.9 Å². The quantitative estimate of drug-likeness (QED) is 0.694. The smallest absolute Gasteiger partial charge is 0.271 e. The van der Waals surface area contributed by atoms with Gasteiger partial charge in [0, 0.05) is 27.8 Å². The molecule has 3 N–H and O–H groups in total. The highest BCUT2D eigenvalue weighted by Gasteiger charge is 2.16. The fourth-order valence-corrected chi connectivity index (χ4v) is 1.42. The van der Waals surface area contributed by atoms with E-state index in [4.69, 9.17) is 15.2 Å². The number of nitrogens with zero attached hydrogens (tertiary/aromatic N) is 2. The van der Waals surface area contributed by atoms with Crippen molar-refractivity contribution in [2.24, 2.45) is 7.05 Å². The van der Waals surface area contributed by atoms with E-state index in [0.717, 1.165) is 0 Å². The number of nitrogens with two attached hydrogens (primary N) is 1. The SMILES string of the molecule is COCC(CNC(=O)c1c(N)cnn1C)OC. The van der Waals surface area contributed by atoms with Gasteiger partial charge in [0.15, 0.2) is 0 Å². The third kappa shape index (κ3) is 3.43. The molecular weight excluding hydrogens is 224 g/mol. The van der Waals surface area contributed by atoms with Crippen LogP contribution in [0.2, 0.25) is 0 Å². The average Bonchev–Trinajstić information content (AvgIpc) is 2.64. The Morgan fingerprint density at radius 3 is 2.82 bits per heavy atom. The van der Waals surface area contributed by atoms with Crippen LogP contribution in [0.15, 0.2) is 6.20 Å². The van der Waals surface area contributed by atoms with Crippen molar-refractivity contribution in [2.75, 3.05) is 33.1 Å². The molecule has 1 rings (SSSR count). The standard InChI is InChI=1S/C10H18N4O3/c1-14-9(8(11)5-13-14)10(15)12-4-7(17-3)6-16-2/h5,7H,4,6,11H2,1-3H3,(H,12,15). The highest BCUT2D eigenvalue weighted by molar-refractivity contribution is 5.97. The van der Waals surface area contributed by atoms with Gasteiger partial charge in [-0.25, -0.2) is 0 Å². The van der Waals surface area contributed by atoms with Gasteiger partial charge in [-0.15, -0.1) is 0 Å². The van der Waals surface area contributed by atoms with E-state index in [9.17, 15) is 4.79 Å². The molecule has 0 spiro atoms. The fourth-order valence-electron chi connectivity index (χ4n) is 1.42. The lowest BCUT2D eigenvalue weighted by Crippen LogP contribution is -2.36. The highest BCUT2D eigenvalue weighted by atomic mass is 16.5. The molecule has 7 nitrogen and oxygen atoms in total. The molecule has 17 heavy (non-hydrogen) atoms. The van der Waals surface area contributed by atoms with Gasteiger partial charge in [0.1, 0.15) is 5.69 Å². The van der Waals surface area contributed by atoms with Gasteiger partial charge in [-0.2, -0.15) is 5.10 Å². The number of nitrogen functional groups attached to an aromatic ring is 1. The van der Waals surface area contributed by atoms with Gasteiger partial charge in [0.2, 0.25) is 0 Å². The number of carbonyl (C=O) groups is 1. The van der Waals surface area contributed by atoms with Crippen LogP contribution in [-0.2, 0) is 16.5 Å². The van der Waals surface area contributed by atoms with Gasteiger partial charge < -0.3 is 20.5 Å². The maximum absolute atomic E-state index is 11.8. The van der Waals surface area contributed by atoms with Crippen LogP contribution in [0, 0.1) is 0 Å². The monoisotopic (exact) mass is 242 g/mol. The zero-order valence-corrected chi connectivity index (χ0v) is 10.3. The first kappa shape index (κ1) is 13.5. The number of aryl methyl sites for hydroxylation is 1. The number of amides is 1. The Kier molecular flexibility index (Phi) is 4.92. The normalized spacial score (nSPS) is 12.4. The van der Waals surface area contributed by atoms with Crippen LogP contribution < -0.4 is 11.1 Å². The summed E-state index contributed by atoms with van der Waals surface area (Å²) in [5.74, 6) is -0.277. The van der Waals surface area contributed by atoms with Crippen molar-refractivity contribution in [2.45, 2.75) is 6.10 Å². The summed E-state index contributed by atoms with van der Waals surface area (Å²) in [4.78, 5) is 11.8. The lowest BCUT2D eigenvalue weighted by Gasteiger charge is -2.15. The van der Waals surface area contributed by atoms with Gasteiger partial charge in [-0.05, 0) is 0 Å². The molecule has 1 unspecified atom stereocenters. The molecule has 1 aromatic rings. The van der Waals surface area contributed by atoms with Crippen molar-refractivity contribution in [3.63, 3.8) is 0 Å². The summed E-state index contributed by atoms with van der Waals surface area (Å²) < 4.78 is 11.5. The molecule has 0 aliphatic heterocycles. The Hall–Kier alpha value is -1.60.